The Morgan fingerprint density at radius 1 is 1.27 bits per heavy atom. The molecule has 26 heavy (non-hydrogen) atoms. The van der Waals surface area contributed by atoms with Crippen LogP contribution in [0.4, 0.5) is 5.82 Å². The van der Waals surface area contributed by atoms with Crippen molar-refractivity contribution >= 4 is 11.7 Å². The number of carbonyl (C=O) groups excluding carboxylic acids is 1. The van der Waals surface area contributed by atoms with Gasteiger partial charge in [-0.25, -0.2) is 4.98 Å². The molecule has 2 aromatic rings. The van der Waals surface area contributed by atoms with Gasteiger partial charge in [0.05, 0.1) is 6.20 Å². The second kappa shape index (κ2) is 7.09. The Hall–Kier alpha value is -2.37. The number of hydrogen-bond donors (Lipinski definition) is 1. The fourth-order valence-electron chi connectivity index (χ4n) is 3.75. The molecule has 2 atom stereocenters. The smallest absolute Gasteiger partial charge is 0.224 e. The molecular weight excluding hydrogens is 326 g/mol. The number of carbonyl (C=O) groups is 1. The average Bonchev–Trinajstić information content (AvgIpc) is 3.35. The zero-order valence-electron chi connectivity index (χ0n) is 15.6. The number of hydrogen-bond acceptors (Lipinski definition) is 4. The average molecular weight is 353 g/mol. The van der Waals surface area contributed by atoms with Crippen molar-refractivity contribution in [1.82, 2.24) is 20.1 Å². The Morgan fingerprint density at radius 2 is 2.08 bits per heavy atom. The van der Waals surface area contributed by atoms with E-state index in [4.69, 9.17) is 0 Å². The van der Waals surface area contributed by atoms with Crippen LogP contribution < -0.4 is 10.2 Å². The summed E-state index contributed by atoms with van der Waals surface area (Å²) in [4.78, 5) is 19.3. The molecule has 2 unspecified atom stereocenters. The lowest BCUT2D eigenvalue weighted by atomic mass is 9.99. The van der Waals surface area contributed by atoms with Gasteiger partial charge in [-0.3, -0.25) is 9.48 Å². The quantitative estimate of drug-likeness (QED) is 0.897. The van der Waals surface area contributed by atoms with Gasteiger partial charge in [0.15, 0.2) is 0 Å². The van der Waals surface area contributed by atoms with Gasteiger partial charge in [0, 0.05) is 45.0 Å². The number of nitrogens with one attached hydrogen (secondary N) is 1. The molecule has 1 aliphatic heterocycles. The molecular formula is C20H27N5O. The van der Waals surface area contributed by atoms with Crippen LogP contribution in [-0.4, -0.2) is 33.8 Å². The summed E-state index contributed by atoms with van der Waals surface area (Å²) in [7, 11) is 1.90. The largest absolute Gasteiger partial charge is 0.357 e. The van der Waals surface area contributed by atoms with E-state index in [0.29, 0.717) is 12.5 Å². The first-order chi connectivity index (χ1) is 12.6. The van der Waals surface area contributed by atoms with Crippen LogP contribution in [0.5, 0.6) is 0 Å². The number of piperidine rings is 1. The summed E-state index contributed by atoms with van der Waals surface area (Å²) in [5, 5.41) is 7.24. The maximum Gasteiger partial charge on any atom is 0.224 e. The third-order valence-corrected chi connectivity index (χ3v) is 5.66. The zero-order chi connectivity index (χ0) is 18.1. The number of anilines is 1. The van der Waals surface area contributed by atoms with Crippen molar-refractivity contribution in [3.63, 3.8) is 0 Å². The van der Waals surface area contributed by atoms with Crippen LogP contribution in [0.2, 0.25) is 0 Å². The zero-order valence-corrected chi connectivity index (χ0v) is 15.6. The van der Waals surface area contributed by atoms with Crippen molar-refractivity contribution in [2.24, 2.45) is 18.9 Å². The van der Waals surface area contributed by atoms with Gasteiger partial charge in [0.2, 0.25) is 5.91 Å². The van der Waals surface area contributed by atoms with Crippen molar-refractivity contribution < 1.29 is 4.79 Å². The minimum atomic E-state index is 0.0850. The molecule has 1 saturated heterocycles. The summed E-state index contributed by atoms with van der Waals surface area (Å²) in [6.07, 6.45) is 9.14. The predicted molar refractivity (Wildman–Crippen MR) is 101 cm³/mol. The van der Waals surface area contributed by atoms with Crippen LogP contribution in [0.1, 0.15) is 43.2 Å². The highest BCUT2D eigenvalue weighted by Crippen LogP contribution is 2.47. The van der Waals surface area contributed by atoms with Crippen LogP contribution >= 0.6 is 0 Å². The van der Waals surface area contributed by atoms with Gasteiger partial charge in [-0.1, -0.05) is 13.0 Å². The van der Waals surface area contributed by atoms with E-state index in [1.54, 1.807) is 4.68 Å². The predicted octanol–water partition coefficient (Wildman–Crippen LogP) is 2.47. The lowest BCUT2D eigenvalue weighted by Gasteiger charge is -2.31. The molecule has 2 aliphatic rings. The maximum absolute atomic E-state index is 12.3. The molecule has 1 aliphatic carbocycles. The molecule has 138 valence electrons. The molecule has 0 radical (unpaired) electrons. The number of aromatic nitrogens is 3. The lowest BCUT2D eigenvalue weighted by molar-refractivity contribution is -0.122. The van der Waals surface area contributed by atoms with Gasteiger partial charge in [-0.05, 0) is 48.3 Å². The minimum absolute atomic E-state index is 0.0850. The van der Waals surface area contributed by atoms with Gasteiger partial charge in [-0.2, -0.15) is 5.10 Å². The molecule has 2 fully saturated rings. The summed E-state index contributed by atoms with van der Waals surface area (Å²) in [5.41, 5.74) is 2.21. The molecule has 1 amide bonds. The number of rotatable bonds is 5. The Bertz CT molecular complexity index is 761. The van der Waals surface area contributed by atoms with Crippen LogP contribution in [-0.2, 0) is 18.4 Å². The number of amides is 1. The van der Waals surface area contributed by atoms with Crippen LogP contribution in [0.3, 0.4) is 0 Å². The molecule has 1 N–H and O–H groups in total. The standard InChI is InChI=1S/C20H27N5O/c1-14-5-7-25(8-6-14)19-4-3-15(10-21-19)11-22-20(26)18-9-17(18)16-12-23-24(2)13-16/h3-4,10,12-14,17-18H,5-9,11H2,1-2H3,(H,22,26). The molecule has 0 aromatic carbocycles. The molecule has 0 bridgehead atoms. The Kier molecular flexibility index (Phi) is 4.66. The van der Waals surface area contributed by atoms with Crippen molar-refractivity contribution in [3.05, 3.63) is 41.9 Å². The second-order valence-corrected chi connectivity index (χ2v) is 7.81. The van der Waals surface area contributed by atoms with Crippen LogP contribution in [0.25, 0.3) is 0 Å². The number of pyridine rings is 1. The third-order valence-electron chi connectivity index (χ3n) is 5.66. The highest BCUT2D eigenvalue weighted by atomic mass is 16.2. The topological polar surface area (TPSA) is 63.1 Å². The molecule has 6 heteroatoms. The van der Waals surface area contributed by atoms with Gasteiger partial charge >= 0.3 is 0 Å². The van der Waals surface area contributed by atoms with Crippen molar-refractivity contribution in [3.8, 4) is 0 Å². The van der Waals surface area contributed by atoms with E-state index in [-0.39, 0.29) is 11.8 Å². The molecule has 6 nitrogen and oxygen atoms in total. The first-order valence-electron chi connectivity index (χ1n) is 9.56. The Labute approximate surface area is 154 Å². The van der Waals surface area contributed by atoms with Crippen LogP contribution in [0.15, 0.2) is 30.7 Å². The van der Waals surface area contributed by atoms with Crippen molar-refractivity contribution in [2.75, 3.05) is 18.0 Å². The maximum atomic E-state index is 12.3. The van der Waals surface area contributed by atoms with Gasteiger partial charge in [0.1, 0.15) is 5.82 Å². The fourth-order valence-corrected chi connectivity index (χ4v) is 3.75. The van der Waals surface area contributed by atoms with Crippen molar-refractivity contribution in [2.45, 2.75) is 38.6 Å². The third kappa shape index (κ3) is 3.74. The van der Waals surface area contributed by atoms with E-state index in [2.05, 4.69) is 39.4 Å². The molecule has 3 heterocycles. The summed E-state index contributed by atoms with van der Waals surface area (Å²) >= 11 is 0. The Balaban J connectivity index is 1.26. The number of nitrogens with zero attached hydrogens (tertiary/aromatic N) is 4. The highest BCUT2D eigenvalue weighted by Gasteiger charge is 2.44. The van der Waals surface area contributed by atoms with Gasteiger partial charge < -0.3 is 10.2 Å². The van der Waals surface area contributed by atoms with E-state index < -0.39 is 0 Å². The van der Waals surface area contributed by atoms with E-state index in [0.717, 1.165) is 42.4 Å². The summed E-state index contributed by atoms with van der Waals surface area (Å²) in [6, 6.07) is 4.15. The van der Waals surface area contributed by atoms with E-state index in [1.165, 1.54) is 12.8 Å². The summed E-state index contributed by atoms with van der Waals surface area (Å²) < 4.78 is 1.79. The molecule has 0 spiro atoms. The SMILES string of the molecule is CC1CCN(c2ccc(CNC(=O)C3CC3c3cnn(C)c3)cn2)CC1. The first kappa shape index (κ1) is 17.1. The van der Waals surface area contributed by atoms with E-state index in [9.17, 15) is 4.79 Å². The fraction of sp³-hybridized carbons (Fsp3) is 0.550. The molecule has 4 rings (SSSR count). The van der Waals surface area contributed by atoms with E-state index >= 15 is 0 Å². The normalized spacial score (nSPS) is 23.1. The van der Waals surface area contributed by atoms with Crippen molar-refractivity contribution in [1.29, 1.82) is 0 Å². The highest BCUT2D eigenvalue weighted by molar-refractivity contribution is 5.82. The monoisotopic (exact) mass is 353 g/mol. The van der Waals surface area contributed by atoms with Crippen LogP contribution in [0, 0.1) is 11.8 Å². The number of aryl methyl sites for hydroxylation is 1. The summed E-state index contributed by atoms with van der Waals surface area (Å²) in [6.45, 7) is 5.03. The van der Waals surface area contributed by atoms with Gasteiger partial charge in [0.25, 0.3) is 0 Å². The molecule has 2 aromatic heterocycles. The minimum Gasteiger partial charge on any atom is -0.357 e. The lowest BCUT2D eigenvalue weighted by Crippen LogP contribution is -2.33. The van der Waals surface area contributed by atoms with Gasteiger partial charge in [-0.15, -0.1) is 0 Å². The summed E-state index contributed by atoms with van der Waals surface area (Å²) in [5.74, 6) is 2.41. The first-order valence-corrected chi connectivity index (χ1v) is 9.56. The van der Waals surface area contributed by atoms with E-state index in [1.807, 2.05) is 25.6 Å². The molecule has 1 saturated carbocycles. The Morgan fingerprint density at radius 3 is 2.73 bits per heavy atom. The second-order valence-electron chi connectivity index (χ2n) is 7.81.